The van der Waals surface area contributed by atoms with Gasteiger partial charge in [-0.3, -0.25) is 14.2 Å². The first-order valence-corrected chi connectivity index (χ1v) is 11.6. The minimum Gasteiger partial charge on any atom is -0.466 e. The van der Waals surface area contributed by atoms with E-state index in [1.165, 1.54) is 7.11 Å². The van der Waals surface area contributed by atoms with Gasteiger partial charge in [0, 0.05) is 17.6 Å². The number of benzene rings is 2. The Balaban J connectivity index is 2.00. The minimum atomic E-state index is -0.923. The Bertz CT molecular complexity index is 1580. The number of carbonyl (C=O) groups excluding carboxylic acids is 2. The number of allylic oxidation sites excluding steroid dienone is 1. The number of nitrogens with zero attached hydrogens (tertiary/aromatic N) is 2. The second-order valence-electron chi connectivity index (χ2n) is 7.53. The summed E-state index contributed by atoms with van der Waals surface area (Å²) in [5, 5.41) is 13.2. The topological polar surface area (TPSA) is 127 Å². The first-order valence-electron chi connectivity index (χ1n) is 10.4. The van der Waals surface area contributed by atoms with Crippen LogP contribution in [0.1, 0.15) is 17.0 Å². The van der Waals surface area contributed by atoms with Crippen LogP contribution in [0.15, 0.2) is 65.0 Å². The molecule has 0 aliphatic carbocycles. The van der Waals surface area contributed by atoms with Crippen LogP contribution in [-0.4, -0.2) is 23.6 Å². The Morgan fingerprint density at radius 3 is 2.57 bits per heavy atom. The van der Waals surface area contributed by atoms with Crippen LogP contribution >= 0.6 is 22.9 Å². The van der Waals surface area contributed by atoms with Crippen molar-refractivity contribution in [3.05, 3.63) is 95.9 Å². The quantitative estimate of drug-likeness (QED) is 0.504. The van der Waals surface area contributed by atoms with Crippen LogP contribution in [0, 0.1) is 11.3 Å². The summed E-state index contributed by atoms with van der Waals surface area (Å²) in [6.45, 7) is 0.219. The van der Waals surface area contributed by atoms with Gasteiger partial charge < -0.3 is 15.8 Å². The number of halogens is 1. The smallest absolute Gasteiger partial charge is 0.332 e. The van der Waals surface area contributed by atoms with E-state index < -0.39 is 23.4 Å². The van der Waals surface area contributed by atoms with Crippen LogP contribution in [0.4, 0.5) is 0 Å². The molecule has 10 heteroatoms. The fourth-order valence-electron chi connectivity index (χ4n) is 3.83. The van der Waals surface area contributed by atoms with E-state index in [9.17, 15) is 19.6 Å². The molecule has 0 saturated heterocycles. The summed E-state index contributed by atoms with van der Waals surface area (Å²) in [6, 6.07) is 18.2. The molecular weight excluding hydrogens is 488 g/mol. The predicted octanol–water partition coefficient (Wildman–Crippen LogP) is 1.43. The molecule has 35 heavy (non-hydrogen) atoms. The second kappa shape index (κ2) is 10.0. The lowest BCUT2D eigenvalue weighted by Gasteiger charge is -2.26. The third kappa shape index (κ3) is 4.49. The monoisotopic (exact) mass is 506 g/mol. The molecule has 0 fully saturated rings. The van der Waals surface area contributed by atoms with Crippen LogP contribution in [0.3, 0.4) is 0 Å². The first-order chi connectivity index (χ1) is 16.9. The normalized spacial score (nSPS) is 15.4. The first kappa shape index (κ1) is 24.0. The summed E-state index contributed by atoms with van der Waals surface area (Å²) in [6.07, 6.45) is 1.03. The van der Waals surface area contributed by atoms with Gasteiger partial charge in [-0.05, 0) is 17.2 Å². The van der Waals surface area contributed by atoms with Gasteiger partial charge in [0.2, 0.25) is 0 Å². The van der Waals surface area contributed by atoms with E-state index >= 15 is 0 Å². The number of thiazole rings is 1. The summed E-state index contributed by atoms with van der Waals surface area (Å²) in [5.74, 6) is -2.29. The number of esters is 1. The molecule has 3 N–H and O–H groups in total. The second-order valence-corrected chi connectivity index (χ2v) is 8.96. The zero-order valence-corrected chi connectivity index (χ0v) is 20.0. The van der Waals surface area contributed by atoms with Crippen molar-refractivity contribution in [3.8, 4) is 6.07 Å². The average molecular weight is 507 g/mol. The number of ether oxygens (including phenoxy) is 1. The summed E-state index contributed by atoms with van der Waals surface area (Å²) < 4.78 is 5.95. The van der Waals surface area contributed by atoms with Gasteiger partial charge in [-0.1, -0.05) is 60.1 Å². The van der Waals surface area contributed by atoms with E-state index in [0.29, 0.717) is 10.6 Å². The predicted molar refractivity (Wildman–Crippen MR) is 133 cm³/mol. The summed E-state index contributed by atoms with van der Waals surface area (Å²) in [7, 11) is 1.19. The zero-order chi connectivity index (χ0) is 25.1. The molecule has 1 aliphatic rings. The molecule has 1 atom stereocenters. The van der Waals surface area contributed by atoms with Crippen molar-refractivity contribution >= 4 is 52.3 Å². The highest BCUT2D eigenvalue weighted by atomic mass is 35.5. The third-order valence-electron chi connectivity index (χ3n) is 5.48. The van der Waals surface area contributed by atoms with Crippen LogP contribution < -0.4 is 25.8 Å². The number of amides is 1. The van der Waals surface area contributed by atoms with E-state index in [0.717, 1.165) is 27.5 Å². The molecule has 0 radical (unpaired) electrons. The molecule has 176 valence electrons. The van der Waals surface area contributed by atoms with E-state index in [-0.39, 0.29) is 32.7 Å². The Morgan fingerprint density at radius 1 is 1.23 bits per heavy atom. The van der Waals surface area contributed by atoms with Crippen LogP contribution in [0.2, 0.25) is 5.02 Å². The lowest BCUT2D eigenvalue weighted by molar-refractivity contribution is -0.133. The molecule has 0 spiro atoms. The SMILES string of the molecule is COC(=O)/C=c1\sc2n(c1=O)C(N)=C(C#N)[C@@H](c1ccccc1Cl)C=2C(=O)NCc1ccccc1. The third-order valence-corrected chi connectivity index (χ3v) is 6.93. The van der Waals surface area contributed by atoms with Gasteiger partial charge in [-0.25, -0.2) is 4.79 Å². The lowest BCUT2D eigenvalue weighted by atomic mass is 9.83. The highest BCUT2D eigenvalue weighted by Crippen LogP contribution is 2.39. The van der Waals surface area contributed by atoms with Crippen LogP contribution in [0.25, 0.3) is 17.5 Å². The molecule has 1 aliphatic heterocycles. The standard InChI is InChI=1S/C25H19ClN4O4S/c1-34-19(31)11-18-24(33)30-22(28)16(12-27)20(15-9-5-6-10-17(15)26)21(25(30)35-18)23(32)29-13-14-7-3-2-4-8-14/h2-11,20H,13,28H2,1H3,(H,29,32)/b18-11-/t20-/m1/s1. The number of nitriles is 1. The van der Waals surface area contributed by atoms with Gasteiger partial charge in [0.1, 0.15) is 15.0 Å². The van der Waals surface area contributed by atoms with Crippen molar-refractivity contribution in [1.82, 2.24) is 9.88 Å². The summed E-state index contributed by atoms with van der Waals surface area (Å²) in [4.78, 5) is 38.6. The number of nitrogens with one attached hydrogen (secondary N) is 1. The van der Waals surface area contributed by atoms with Gasteiger partial charge >= 0.3 is 5.97 Å². The molecule has 4 rings (SSSR count). The molecule has 0 unspecified atom stereocenters. The van der Waals surface area contributed by atoms with Crippen LogP contribution in [0.5, 0.6) is 0 Å². The number of methoxy groups -OCH3 is 1. The van der Waals surface area contributed by atoms with Crippen molar-refractivity contribution in [2.24, 2.45) is 5.73 Å². The highest BCUT2D eigenvalue weighted by molar-refractivity contribution is 7.07. The van der Waals surface area contributed by atoms with E-state index in [2.05, 4.69) is 16.1 Å². The average Bonchev–Trinajstić information content (AvgIpc) is 3.19. The zero-order valence-electron chi connectivity index (χ0n) is 18.4. The molecule has 1 amide bonds. The molecule has 2 aromatic carbocycles. The molecule has 8 nitrogen and oxygen atoms in total. The maximum absolute atomic E-state index is 13.6. The number of aromatic nitrogens is 1. The maximum atomic E-state index is 13.6. The fourth-order valence-corrected chi connectivity index (χ4v) is 5.21. The van der Waals surface area contributed by atoms with Gasteiger partial charge in [0.05, 0.1) is 30.2 Å². The van der Waals surface area contributed by atoms with Crippen molar-refractivity contribution in [2.75, 3.05) is 7.11 Å². The fraction of sp³-hybridized carbons (Fsp3) is 0.120. The molecule has 1 aromatic heterocycles. The van der Waals surface area contributed by atoms with Gasteiger partial charge in [-0.2, -0.15) is 5.26 Å². The Hall–Kier alpha value is -4.13. The molecular formula is C25H19ClN4O4S. The van der Waals surface area contributed by atoms with Gasteiger partial charge in [-0.15, -0.1) is 11.3 Å². The molecule has 0 saturated carbocycles. The summed E-state index contributed by atoms with van der Waals surface area (Å²) in [5.41, 5.74) is 7.15. The highest BCUT2D eigenvalue weighted by Gasteiger charge is 2.36. The summed E-state index contributed by atoms with van der Waals surface area (Å²) >= 11 is 7.39. The van der Waals surface area contributed by atoms with Gasteiger partial charge in [0.15, 0.2) is 0 Å². The van der Waals surface area contributed by atoms with Crippen molar-refractivity contribution in [1.29, 1.82) is 5.26 Å². The minimum absolute atomic E-state index is 0.0000193. The number of hydrogen-bond acceptors (Lipinski definition) is 7. The Morgan fingerprint density at radius 2 is 1.91 bits per heavy atom. The number of fused-ring (bicyclic) bond motifs is 1. The Kier molecular flexibility index (Phi) is 6.87. The van der Waals surface area contributed by atoms with Gasteiger partial charge in [0.25, 0.3) is 11.5 Å². The molecule has 0 bridgehead atoms. The number of nitrogens with two attached hydrogens (primary N) is 1. The number of carbonyl (C=O) groups is 2. The number of hydrogen-bond donors (Lipinski definition) is 2. The largest absolute Gasteiger partial charge is 0.466 e. The van der Waals surface area contributed by atoms with Crippen molar-refractivity contribution in [3.63, 3.8) is 0 Å². The maximum Gasteiger partial charge on any atom is 0.332 e. The van der Waals surface area contributed by atoms with Crippen molar-refractivity contribution < 1.29 is 14.3 Å². The van der Waals surface area contributed by atoms with E-state index in [1.807, 2.05) is 30.3 Å². The number of rotatable bonds is 5. The van der Waals surface area contributed by atoms with Crippen LogP contribution in [-0.2, 0) is 20.9 Å². The van der Waals surface area contributed by atoms with Crippen molar-refractivity contribution in [2.45, 2.75) is 12.5 Å². The van der Waals surface area contributed by atoms with E-state index in [1.54, 1.807) is 24.3 Å². The van der Waals surface area contributed by atoms with E-state index in [4.69, 9.17) is 17.3 Å². The molecule has 3 aromatic rings. The molecule has 2 heterocycles. The lowest BCUT2D eigenvalue weighted by Crippen LogP contribution is -2.42. The Labute approximate surface area is 208 Å².